The smallest absolute Gasteiger partial charge is 0.223 e. The van der Waals surface area contributed by atoms with Crippen LogP contribution in [0.2, 0.25) is 0 Å². The van der Waals surface area contributed by atoms with Gasteiger partial charge in [-0.2, -0.15) is 0 Å². The van der Waals surface area contributed by atoms with Crippen molar-refractivity contribution in [3.05, 3.63) is 24.3 Å². The molecule has 0 radical (unpaired) electrons. The minimum Gasteiger partial charge on any atom is -0.497 e. The van der Waals surface area contributed by atoms with Gasteiger partial charge in [-0.1, -0.05) is 0 Å². The second kappa shape index (κ2) is 9.54. The number of hydrogen-bond donors (Lipinski definition) is 2. The molecule has 6 heteroatoms. The molecule has 22 heavy (non-hydrogen) atoms. The molecule has 5 nitrogen and oxygen atoms in total. The first-order chi connectivity index (χ1) is 10.2. The van der Waals surface area contributed by atoms with E-state index in [4.69, 9.17) is 9.47 Å². The summed E-state index contributed by atoms with van der Waals surface area (Å²) in [4.78, 5) is 11.9. The van der Waals surface area contributed by atoms with Crippen molar-refractivity contribution in [2.24, 2.45) is 0 Å². The molecule has 0 saturated carbocycles. The number of rotatable bonds is 6. The van der Waals surface area contributed by atoms with E-state index in [1.54, 1.807) is 7.11 Å². The number of piperidine rings is 1. The lowest BCUT2D eigenvalue weighted by Gasteiger charge is -2.28. The highest BCUT2D eigenvalue weighted by atomic mass is 35.5. The lowest BCUT2D eigenvalue weighted by atomic mass is 10.0. The molecule has 1 heterocycles. The second-order valence-electron chi connectivity index (χ2n) is 5.42. The molecule has 1 aliphatic rings. The van der Waals surface area contributed by atoms with Gasteiger partial charge in [-0.15, -0.1) is 12.4 Å². The van der Waals surface area contributed by atoms with Gasteiger partial charge in [0.1, 0.15) is 11.5 Å². The molecule has 1 amide bonds. The predicted molar refractivity (Wildman–Crippen MR) is 89.0 cm³/mol. The van der Waals surface area contributed by atoms with Gasteiger partial charge in [0.15, 0.2) is 0 Å². The number of methoxy groups -OCH3 is 1. The number of amides is 1. The summed E-state index contributed by atoms with van der Waals surface area (Å²) in [6.45, 7) is 3.50. The van der Waals surface area contributed by atoms with Crippen LogP contribution < -0.4 is 20.1 Å². The van der Waals surface area contributed by atoms with E-state index in [2.05, 4.69) is 17.6 Å². The highest BCUT2D eigenvalue weighted by molar-refractivity contribution is 5.85. The van der Waals surface area contributed by atoms with E-state index < -0.39 is 0 Å². The third-order valence-electron chi connectivity index (χ3n) is 3.65. The summed E-state index contributed by atoms with van der Waals surface area (Å²) in [6.07, 6.45) is 2.37. The van der Waals surface area contributed by atoms with Crippen molar-refractivity contribution in [1.82, 2.24) is 10.6 Å². The molecule has 124 valence electrons. The maximum Gasteiger partial charge on any atom is 0.223 e. The number of hydrogen-bond acceptors (Lipinski definition) is 4. The number of nitrogens with one attached hydrogen (secondary N) is 2. The number of carbonyl (C=O) groups excluding carboxylic acids is 1. The molecule has 1 aromatic rings. The molecule has 0 aliphatic carbocycles. The predicted octanol–water partition coefficient (Wildman–Crippen LogP) is 2.14. The monoisotopic (exact) mass is 328 g/mol. The van der Waals surface area contributed by atoms with E-state index in [9.17, 15) is 4.79 Å². The highest BCUT2D eigenvalue weighted by Crippen LogP contribution is 2.17. The summed E-state index contributed by atoms with van der Waals surface area (Å²) in [5.41, 5.74) is 0. The van der Waals surface area contributed by atoms with E-state index in [1.165, 1.54) is 0 Å². The van der Waals surface area contributed by atoms with E-state index in [1.807, 2.05) is 24.3 Å². The van der Waals surface area contributed by atoms with Crippen LogP contribution in [0.1, 0.15) is 26.2 Å². The Balaban J connectivity index is 0.00000242. The van der Waals surface area contributed by atoms with E-state index in [0.29, 0.717) is 19.1 Å². The first-order valence-electron chi connectivity index (χ1n) is 7.47. The average Bonchev–Trinajstić information content (AvgIpc) is 2.48. The van der Waals surface area contributed by atoms with Crippen molar-refractivity contribution >= 4 is 18.3 Å². The van der Waals surface area contributed by atoms with Crippen molar-refractivity contribution in [1.29, 1.82) is 0 Å². The molecule has 0 aromatic heterocycles. The normalized spacial score (nSPS) is 20.6. The fourth-order valence-electron chi connectivity index (χ4n) is 2.50. The van der Waals surface area contributed by atoms with Crippen molar-refractivity contribution < 1.29 is 14.3 Å². The molecule has 1 fully saturated rings. The minimum absolute atomic E-state index is 0. The van der Waals surface area contributed by atoms with Gasteiger partial charge in [0.2, 0.25) is 5.91 Å². The first kappa shape index (κ1) is 18.6. The van der Waals surface area contributed by atoms with Crippen molar-refractivity contribution in [3.8, 4) is 11.5 Å². The van der Waals surface area contributed by atoms with Crippen LogP contribution in [-0.2, 0) is 4.79 Å². The SMILES string of the molecule is COc1ccc(OCCC(=O)NC2CCNC(C)C2)cc1.Cl. The average molecular weight is 329 g/mol. The Morgan fingerprint density at radius 1 is 1.32 bits per heavy atom. The zero-order chi connectivity index (χ0) is 15.1. The van der Waals surface area contributed by atoms with Gasteiger partial charge in [0, 0.05) is 12.1 Å². The van der Waals surface area contributed by atoms with Crippen LogP contribution in [0, 0.1) is 0 Å². The largest absolute Gasteiger partial charge is 0.497 e. The first-order valence-corrected chi connectivity index (χ1v) is 7.47. The molecule has 2 N–H and O–H groups in total. The van der Waals surface area contributed by atoms with Crippen LogP contribution in [-0.4, -0.2) is 38.3 Å². The summed E-state index contributed by atoms with van der Waals surface area (Å²) in [5.74, 6) is 1.60. The Hall–Kier alpha value is -1.46. The standard InChI is InChI=1S/C16H24N2O3.ClH/c1-12-11-13(7-9-17-12)18-16(19)8-10-21-15-5-3-14(20-2)4-6-15;/h3-6,12-13,17H,7-11H2,1-2H3,(H,18,19);1H. The summed E-state index contributed by atoms with van der Waals surface area (Å²) < 4.78 is 10.6. The lowest BCUT2D eigenvalue weighted by Crippen LogP contribution is -2.46. The van der Waals surface area contributed by atoms with Crippen LogP contribution in [0.4, 0.5) is 0 Å². The van der Waals surface area contributed by atoms with Gasteiger partial charge in [0.25, 0.3) is 0 Å². The van der Waals surface area contributed by atoms with Gasteiger partial charge in [0.05, 0.1) is 20.1 Å². The Bertz CT molecular complexity index is 453. The van der Waals surface area contributed by atoms with E-state index in [0.717, 1.165) is 30.9 Å². The Morgan fingerprint density at radius 2 is 2.00 bits per heavy atom. The van der Waals surface area contributed by atoms with E-state index in [-0.39, 0.29) is 24.4 Å². The molecule has 2 atom stereocenters. The number of carbonyl (C=O) groups is 1. The van der Waals surface area contributed by atoms with Crippen LogP contribution in [0.5, 0.6) is 11.5 Å². The highest BCUT2D eigenvalue weighted by Gasteiger charge is 2.19. The number of benzene rings is 1. The van der Waals surface area contributed by atoms with Crippen LogP contribution in [0.25, 0.3) is 0 Å². The minimum atomic E-state index is 0. The zero-order valence-corrected chi connectivity index (χ0v) is 13.9. The van der Waals surface area contributed by atoms with Crippen LogP contribution in [0.3, 0.4) is 0 Å². The van der Waals surface area contributed by atoms with E-state index >= 15 is 0 Å². The topological polar surface area (TPSA) is 59.6 Å². The maximum atomic E-state index is 11.9. The fraction of sp³-hybridized carbons (Fsp3) is 0.562. The van der Waals surface area contributed by atoms with Gasteiger partial charge < -0.3 is 20.1 Å². The van der Waals surface area contributed by atoms with Crippen molar-refractivity contribution in [2.45, 2.75) is 38.3 Å². The lowest BCUT2D eigenvalue weighted by molar-refractivity contribution is -0.122. The molecule has 0 spiro atoms. The Labute approximate surface area is 138 Å². The Morgan fingerprint density at radius 3 is 2.64 bits per heavy atom. The number of halogens is 1. The molecule has 1 aliphatic heterocycles. The molecule has 2 unspecified atom stereocenters. The van der Waals surface area contributed by atoms with Gasteiger partial charge in [-0.05, 0) is 50.6 Å². The second-order valence-corrected chi connectivity index (χ2v) is 5.42. The van der Waals surface area contributed by atoms with Crippen molar-refractivity contribution in [2.75, 3.05) is 20.3 Å². The third kappa shape index (κ3) is 6.12. The van der Waals surface area contributed by atoms with Crippen LogP contribution in [0.15, 0.2) is 24.3 Å². The van der Waals surface area contributed by atoms with Gasteiger partial charge >= 0.3 is 0 Å². The van der Waals surface area contributed by atoms with Crippen LogP contribution >= 0.6 is 12.4 Å². The third-order valence-corrected chi connectivity index (χ3v) is 3.65. The molecule has 1 aromatic carbocycles. The summed E-state index contributed by atoms with van der Waals surface area (Å²) >= 11 is 0. The van der Waals surface area contributed by atoms with Crippen molar-refractivity contribution in [3.63, 3.8) is 0 Å². The summed E-state index contributed by atoms with van der Waals surface area (Å²) in [5, 5.41) is 6.45. The molecule has 0 bridgehead atoms. The fourth-order valence-corrected chi connectivity index (χ4v) is 2.50. The molecule has 1 saturated heterocycles. The Kier molecular flexibility index (Phi) is 8.06. The van der Waals surface area contributed by atoms with Gasteiger partial charge in [-0.3, -0.25) is 4.79 Å². The summed E-state index contributed by atoms with van der Waals surface area (Å²) in [6, 6.07) is 8.11. The maximum absolute atomic E-state index is 11.9. The van der Waals surface area contributed by atoms with Gasteiger partial charge in [-0.25, -0.2) is 0 Å². The summed E-state index contributed by atoms with van der Waals surface area (Å²) in [7, 11) is 1.63. The molecule has 2 rings (SSSR count). The molecular formula is C16H25ClN2O3. The zero-order valence-electron chi connectivity index (χ0n) is 13.1. The quantitative estimate of drug-likeness (QED) is 0.840. The number of ether oxygens (including phenoxy) is 2. The molecular weight excluding hydrogens is 304 g/mol.